The molecule has 4 rings (SSSR count). The Hall–Kier alpha value is -3.42. The van der Waals surface area contributed by atoms with Gasteiger partial charge in [-0.15, -0.1) is 0 Å². The number of amides is 1. The number of rotatable bonds is 4. The Morgan fingerprint density at radius 2 is 1.96 bits per heavy atom. The van der Waals surface area contributed by atoms with Crippen molar-refractivity contribution in [3.8, 4) is 5.75 Å². The third-order valence-electron chi connectivity index (χ3n) is 4.52. The van der Waals surface area contributed by atoms with E-state index in [0.29, 0.717) is 36.5 Å². The van der Waals surface area contributed by atoms with Crippen LogP contribution in [0.2, 0.25) is 0 Å². The lowest BCUT2D eigenvalue weighted by atomic mass is 10.1. The Kier molecular flexibility index (Phi) is 4.45. The second-order valence-corrected chi connectivity index (χ2v) is 6.13. The van der Waals surface area contributed by atoms with Crippen molar-refractivity contribution >= 4 is 23.2 Å². The van der Waals surface area contributed by atoms with Crippen LogP contribution in [0.3, 0.4) is 0 Å². The van der Waals surface area contributed by atoms with E-state index >= 15 is 0 Å². The van der Waals surface area contributed by atoms with Gasteiger partial charge in [0.2, 0.25) is 0 Å². The molecule has 27 heavy (non-hydrogen) atoms. The minimum Gasteiger partial charge on any atom is -0.495 e. The lowest BCUT2D eigenvalue weighted by Crippen LogP contribution is -2.46. The molecule has 8 heteroatoms. The zero-order chi connectivity index (χ0) is 18.8. The molecule has 1 aliphatic rings. The predicted octanol–water partition coefficient (Wildman–Crippen LogP) is 2.09. The number of benzene rings is 1. The van der Waals surface area contributed by atoms with Crippen LogP contribution >= 0.6 is 0 Å². The maximum atomic E-state index is 12.9. The van der Waals surface area contributed by atoms with Gasteiger partial charge in [-0.05, 0) is 25.0 Å². The Labute approximate surface area is 155 Å². The van der Waals surface area contributed by atoms with Gasteiger partial charge in [-0.2, -0.15) is 0 Å². The highest BCUT2D eigenvalue weighted by atomic mass is 16.5. The number of imidazole rings is 1. The van der Waals surface area contributed by atoms with Crippen LogP contribution in [0.15, 0.2) is 49.1 Å². The molecule has 0 N–H and O–H groups in total. The number of carbonyl (C=O) groups excluding carboxylic acids is 2. The molecular weight excluding hydrogens is 348 g/mol. The Morgan fingerprint density at radius 1 is 1.19 bits per heavy atom. The number of esters is 1. The molecule has 0 spiro atoms. The summed E-state index contributed by atoms with van der Waals surface area (Å²) in [5.74, 6) is -0.330. The number of nitrogens with zero attached hydrogens (tertiary/aromatic N) is 4. The molecule has 0 saturated carbocycles. The molecule has 1 fully saturated rings. The fourth-order valence-electron chi connectivity index (χ4n) is 3.23. The Bertz CT molecular complexity index is 1000. The van der Waals surface area contributed by atoms with Crippen molar-refractivity contribution in [2.75, 3.05) is 18.6 Å². The lowest BCUT2D eigenvalue weighted by molar-refractivity contribution is -0.129. The predicted molar refractivity (Wildman–Crippen MR) is 96.8 cm³/mol. The zero-order valence-corrected chi connectivity index (χ0v) is 14.7. The number of piperidine rings is 1. The minimum atomic E-state index is -0.867. The van der Waals surface area contributed by atoms with Crippen LogP contribution in [0.1, 0.15) is 23.3 Å². The van der Waals surface area contributed by atoms with Crippen LogP contribution in [0.25, 0.3) is 5.65 Å². The third-order valence-corrected chi connectivity index (χ3v) is 4.52. The lowest BCUT2D eigenvalue weighted by Gasteiger charge is -2.32. The number of para-hydroxylation sites is 2. The quantitative estimate of drug-likeness (QED) is 0.657. The van der Waals surface area contributed by atoms with Crippen LogP contribution in [-0.2, 0) is 9.53 Å². The van der Waals surface area contributed by atoms with Crippen molar-refractivity contribution in [3.63, 3.8) is 0 Å². The highest BCUT2D eigenvalue weighted by Gasteiger charge is 2.34. The minimum absolute atomic E-state index is 0.0877. The van der Waals surface area contributed by atoms with Crippen LogP contribution in [-0.4, -0.2) is 46.0 Å². The number of carbonyl (C=O) groups is 2. The summed E-state index contributed by atoms with van der Waals surface area (Å²) in [6.45, 7) is 0.543. The summed E-state index contributed by atoms with van der Waals surface area (Å²) in [6.07, 6.45) is 6.78. The van der Waals surface area contributed by atoms with Gasteiger partial charge in [-0.25, -0.2) is 14.8 Å². The van der Waals surface area contributed by atoms with Crippen LogP contribution in [0, 0.1) is 0 Å². The average molecular weight is 366 g/mol. The molecule has 3 heterocycles. The molecule has 3 aromatic rings. The van der Waals surface area contributed by atoms with Gasteiger partial charge >= 0.3 is 5.97 Å². The first kappa shape index (κ1) is 17.0. The van der Waals surface area contributed by atoms with Gasteiger partial charge in [0.25, 0.3) is 5.91 Å². The van der Waals surface area contributed by atoms with E-state index in [2.05, 4.69) is 9.97 Å². The van der Waals surface area contributed by atoms with Gasteiger partial charge in [-0.3, -0.25) is 4.79 Å². The second-order valence-electron chi connectivity index (χ2n) is 6.13. The second kappa shape index (κ2) is 7.06. The number of hydrogen-bond acceptors (Lipinski definition) is 6. The SMILES string of the molecule is COc1ccccc1N1CCCC(OC(=O)c2nccn3ccnc23)C1=O. The molecule has 1 unspecified atom stereocenters. The van der Waals surface area contributed by atoms with Crippen molar-refractivity contribution in [3.05, 3.63) is 54.7 Å². The molecular formula is C19H18N4O4. The molecule has 0 radical (unpaired) electrons. The maximum Gasteiger partial charge on any atom is 0.361 e. The van der Waals surface area contributed by atoms with E-state index in [4.69, 9.17) is 9.47 Å². The molecule has 0 aliphatic carbocycles. The first-order valence-corrected chi connectivity index (χ1v) is 8.62. The largest absolute Gasteiger partial charge is 0.495 e. The first-order valence-electron chi connectivity index (χ1n) is 8.62. The van der Waals surface area contributed by atoms with Crippen LogP contribution < -0.4 is 9.64 Å². The highest BCUT2D eigenvalue weighted by molar-refractivity contribution is 6.01. The first-order chi connectivity index (χ1) is 13.2. The van der Waals surface area contributed by atoms with E-state index in [9.17, 15) is 9.59 Å². The van der Waals surface area contributed by atoms with E-state index in [1.165, 1.54) is 6.20 Å². The molecule has 1 aliphatic heterocycles. The normalized spacial score (nSPS) is 17.1. The van der Waals surface area contributed by atoms with Crippen molar-refractivity contribution in [2.24, 2.45) is 0 Å². The van der Waals surface area contributed by atoms with Gasteiger partial charge in [0.15, 0.2) is 17.4 Å². The van der Waals surface area contributed by atoms with Crippen molar-refractivity contribution in [1.29, 1.82) is 0 Å². The number of methoxy groups -OCH3 is 1. The molecule has 8 nitrogen and oxygen atoms in total. The number of anilines is 1. The van der Waals surface area contributed by atoms with E-state index in [0.717, 1.165) is 0 Å². The van der Waals surface area contributed by atoms with Crippen LogP contribution in [0.4, 0.5) is 5.69 Å². The van der Waals surface area contributed by atoms with Gasteiger partial charge < -0.3 is 18.8 Å². The molecule has 1 atom stereocenters. The van der Waals surface area contributed by atoms with Crippen molar-refractivity contribution in [1.82, 2.24) is 14.4 Å². The highest BCUT2D eigenvalue weighted by Crippen LogP contribution is 2.31. The van der Waals surface area contributed by atoms with Crippen molar-refractivity contribution < 1.29 is 19.1 Å². The molecule has 1 saturated heterocycles. The monoisotopic (exact) mass is 366 g/mol. The zero-order valence-electron chi connectivity index (χ0n) is 14.7. The summed E-state index contributed by atoms with van der Waals surface area (Å²) >= 11 is 0. The summed E-state index contributed by atoms with van der Waals surface area (Å²) < 4.78 is 12.5. The number of hydrogen-bond donors (Lipinski definition) is 0. The topological polar surface area (TPSA) is 86.0 Å². The van der Waals surface area contributed by atoms with E-state index < -0.39 is 12.1 Å². The maximum absolute atomic E-state index is 12.9. The summed E-state index contributed by atoms with van der Waals surface area (Å²) in [4.78, 5) is 35.3. The standard InChI is InChI=1S/C19H18N4O4/c1-26-14-6-3-2-5-13(14)23-10-4-7-15(18(23)24)27-19(25)16-17-21-9-12-22(17)11-8-20-16/h2-3,5-6,8-9,11-12,15H,4,7,10H2,1H3. The van der Waals surface area contributed by atoms with E-state index in [1.807, 2.05) is 18.2 Å². The average Bonchev–Trinajstić information content (AvgIpc) is 3.18. The smallest absolute Gasteiger partial charge is 0.361 e. The Balaban J connectivity index is 1.56. The summed E-state index contributed by atoms with van der Waals surface area (Å²) in [6, 6.07) is 7.28. The molecule has 0 bridgehead atoms. The molecule has 2 aromatic heterocycles. The van der Waals surface area contributed by atoms with Gasteiger partial charge in [0.1, 0.15) is 5.75 Å². The number of fused-ring (bicyclic) bond motifs is 1. The van der Waals surface area contributed by atoms with Crippen LogP contribution in [0.5, 0.6) is 5.75 Å². The number of ether oxygens (including phenoxy) is 2. The Morgan fingerprint density at radius 3 is 2.78 bits per heavy atom. The molecule has 1 aromatic carbocycles. The third kappa shape index (κ3) is 3.10. The van der Waals surface area contributed by atoms with Crippen molar-refractivity contribution in [2.45, 2.75) is 18.9 Å². The molecule has 1 amide bonds. The summed E-state index contributed by atoms with van der Waals surface area (Å²) in [5, 5.41) is 0. The van der Waals surface area contributed by atoms with Gasteiger partial charge in [-0.1, -0.05) is 12.1 Å². The molecule has 138 valence electrons. The van der Waals surface area contributed by atoms with Gasteiger partial charge in [0, 0.05) is 31.3 Å². The fourth-order valence-corrected chi connectivity index (χ4v) is 3.23. The summed E-state index contributed by atoms with van der Waals surface area (Å²) in [5.41, 5.74) is 1.15. The van der Waals surface area contributed by atoms with Gasteiger partial charge in [0.05, 0.1) is 12.8 Å². The van der Waals surface area contributed by atoms with E-state index in [-0.39, 0.29) is 11.6 Å². The number of aromatic nitrogens is 3. The summed E-state index contributed by atoms with van der Waals surface area (Å²) in [7, 11) is 1.56. The fraction of sp³-hybridized carbons (Fsp3) is 0.263. The van der Waals surface area contributed by atoms with E-state index in [1.54, 1.807) is 41.1 Å².